The standard InChI is InChI=1S/C23H30N8/c1-13-7-18(30-10-15(3)24-16(4)11-30)9-19-21(13)22(28-29(19)6)26-20-8-14(2)23-25-17(5)12-31(23)27-20/h7-9,12,15-16,24H,10-11H2,1-6H3,(H,26,27,28)/t15-,16-/m0/s1. The highest BCUT2D eigenvalue weighted by molar-refractivity contribution is 5.96. The lowest BCUT2D eigenvalue weighted by Crippen LogP contribution is -2.54. The molecule has 4 aromatic rings. The summed E-state index contributed by atoms with van der Waals surface area (Å²) >= 11 is 0. The summed E-state index contributed by atoms with van der Waals surface area (Å²) in [6.45, 7) is 12.7. The Hall–Kier alpha value is -3.13. The van der Waals surface area contributed by atoms with Gasteiger partial charge >= 0.3 is 0 Å². The summed E-state index contributed by atoms with van der Waals surface area (Å²) in [6, 6.07) is 7.50. The molecule has 5 rings (SSSR count). The predicted molar refractivity (Wildman–Crippen MR) is 125 cm³/mol. The van der Waals surface area contributed by atoms with E-state index in [2.05, 4.69) is 65.4 Å². The number of hydrogen-bond donors (Lipinski definition) is 2. The molecule has 1 aliphatic heterocycles. The minimum atomic E-state index is 0.472. The fraction of sp³-hybridized carbons (Fsp3) is 0.435. The van der Waals surface area contributed by atoms with Crippen molar-refractivity contribution in [1.29, 1.82) is 0 Å². The van der Waals surface area contributed by atoms with Crippen LogP contribution in [0, 0.1) is 20.8 Å². The molecular formula is C23H30N8. The Balaban J connectivity index is 1.53. The minimum Gasteiger partial charge on any atom is -0.368 e. The molecule has 8 nitrogen and oxygen atoms in total. The van der Waals surface area contributed by atoms with E-state index in [0.29, 0.717) is 12.1 Å². The zero-order valence-electron chi connectivity index (χ0n) is 19.1. The maximum atomic E-state index is 4.79. The lowest BCUT2D eigenvalue weighted by molar-refractivity contribution is 0.407. The first-order valence-corrected chi connectivity index (χ1v) is 10.9. The van der Waals surface area contributed by atoms with E-state index in [0.717, 1.165) is 52.5 Å². The summed E-state index contributed by atoms with van der Waals surface area (Å²) in [4.78, 5) is 7.01. The van der Waals surface area contributed by atoms with E-state index in [1.54, 1.807) is 0 Å². The van der Waals surface area contributed by atoms with Crippen LogP contribution in [0.5, 0.6) is 0 Å². The van der Waals surface area contributed by atoms with Crippen molar-refractivity contribution in [3.63, 3.8) is 0 Å². The molecule has 1 fully saturated rings. The van der Waals surface area contributed by atoms with Gasteiger partial charge in [-0.2, -0.15) is 5.10 Å². The molecule has 0 unspecified atom stereocenters. The molecule has 0 saturated carbocycles. The molecule has 2 atom stereocenters. The van der Waals surface area contributed by atoms with Gasteiger partial charge in [0.15, 0.2) is 17.3 Å². The summed E-state index contributed by atoms with van der Waals surface area (Å²) in [5, 5.41) is 17.7. The Bertz CT molecular complexity index is 1270. The van der Waals surface area contributed by atoms with Gasteiger partial charge in [0.2, 0.25) is 0 Å². The maximum Gasteiger partial charge on any atom is 0.161 e. The van der Waals surface area contributed by atoms with Crippen LogP contribution in [0.2, 0.25) is 0 Å². The van der Waals surface area contributed by atoms with Crippen LogP contribution in [0.3, 0.4) is 0 Å². The zero-order chi connectivity index (χ0) is 21.9. The normalized spacial score (nSPS) is 19.5. The van der Waals surface area contributed by atoms with Gasteiger partial charge in [-0.25, -0.2) is 9.50 Å². The molecule has 0 amide bonds. The quantitative estimate of drug-likeness (QED) is 0.531. The highest BCUT2D eigenvalue weighted by atomic mass is 15.3. The summed E-state index contributed by atoms with van der Waals surface area (Å²) in [5.41, 5.74) is 6.49. The molecule has 162 valence electrons. The lowest BCUT2D eigenvalue weighted by atomic mass is 10.1. The Labute approximate surface area is 182 Å². The summed E-state index contributed by atoms with van der Waals surface area (Å²) in [5.74, 6) is 1.59. The second-order valence-corrected chi connectivity index (χ2v) is 8.99. The van der Waals surface area contributed by atoms with E-state index in [1.807, 2.05) is 35.4 Å². The largest absolute Gasteiger partial charge is 0.368 e. The fourth-order valence-electron chi connectivity index (χ4n) is 4.80. The van der Waals surface area contributed by atoms with Crippen LogP contribution >= 0.6 is 0 Å². The van der Waals surface area contributed by atoms with Gasteiger partial charge in [-0.05, 0) is 63.9 Å². The molecule has 0 spiro atoms. The van der Waals surface area contributed by atoms with Crippen molar-refractivity contribution in [2.45, 2.75) is 46.7 Å². The smallest absolute Gasteiger partial charge is 0.161 e. The number of piperazine rings is 1. The van der Waals surface area contributed by atoms with Crippen molar-refractivity contribution < 1.29 is 0 Å². The van der Waals surface area contributed by atoms with E-state index < -0.39 is 0 Å². The van der Waals surface area contributed by atoms with Gasteiger partial charge in [0.25, 0.3) is 0 Å². The summed E-state index contributed by atoms with van der Waals surface area (Å²) in [7, 11) is 2.00. The van der Waals surface area contributed by atoms with E-state index in [4.69, 9.17) is 5.10 Å². The average molecular weight is 419 g/mol. The number of nitrogens with one attached hydrogen (secondary N) is 2. The predicted octanol–water partition coefficient (Wildman–Crippen LogP) is 3.47. The molecular weight excluding hydrogens is 388 g/mol. The highest BCUT2D eigenvalue weighted by Crippen LogP contribution is 2.33. The number of aryl methyl sites for hydroxylation is 4. The second kappa shape index (κ2) is 7.23. The Morgan fingerprint density at radius 2 is 1.74 bits per heavy atom. The van der Waals surface area contributed by atoms with Crippen molar-refractivity contribution in [2.24, 2.45) is 7.05 Å². The van der Waals surface area contributed by atoms with Gasteiger partial charge in [0.05, 0.1) is 17.4 Å². The molecule has 1 aromatic carbocycles. The van der Waals surface area contributed by atoms with Crippen LogP contribution in [-0.2, 0) is 7.05 Å². The van der Waals surface area contributed by atoms with Crippen molar-refractivity contribution >= 4 is 33.9 Å². The zero-order valence-corrected chi connectivity index (χ0v) is 19.1. The second-order valence-electron chi connectivity index (χ2n) is 8.99. The van der Waals surface area contributed by atoms with Gasteiger partial charge in [-0.3, -0.25) is 4.68 Å². The average Bonchev–Trinajstić information content (AvgIpc) is 3.21. The molecule has 0 aliphatic carbocycles. The minimum absolute atomic E-state index is 0.472. The van der Waals surface area contributed by atoms with Crippen LogP contribution < -0.4 is 15.5 Å². The van der Waals surface area contributed by atoms with Crippen LogP contribution in [0.15, 0.2) is 24.4 Å². The summed E-state index contributed by atoms with van der Waals surface area (Å²) < 4.78 is 3.78. The SMILES string of the molecule is Cc1cn2nc(Nc3nn(C)c4cc(N5C[C@H](C)N[C@@H](C)C5)cc(C)c34)cc(C)c2n1. The van der Waals surface area contributed by atoms with Crippen molar-refractivity contribution in [1.82, 2.24) is 29.7 Å². The van der Waals surface area contributed by atoms with Crippen molar-refractivity contribution in [3.05, 3.63) is 41.2 Å². The Morgan fingerprint density at radius 1 is 1.00 bits per heavy atom. The van der Waals surface area contributed by atoms with Gasteiger partial charge in [-0.15, -0.1) is 5.10 Å². The topological polar surface area (TPSA) is 75.3 Å². The Morgan fingerprint density at radius 3 is 2.48 bits per heavy atom. The van der Waals surface area contributed by atoms with E-state index >= 15 is 0 Å². The van der Waals surface area contributed by atoms with E-state index in [-0.39, 0.29) is 0 Å². The number of imidazole rings is 1. The molecule has 3 aromatic heterocycles. The number of hydrogen-bond acceptors (Lipinski definition) is 6. The van der Waals surface area contributed by atoms with E-state index in [9.17, 15) is 0 Å². The molecule has 0 radical (unpaired) electrons. The molecule has 8 heteroatoms. The maximum absolute atomic E-state index is 4.79. The monoisotopic (exact) mass is 418 g/mol. The first-order chi connectivity index (χ1) is 14.8. The first kappa shape index (κ1) is 19.8. The first-order valence-electron chi connectivity index (χ1n) is 10.9. The lowest BCUT2D eigenvalue weighted by Gasteiger charge is -2.37. The van der Waals surface area contributed by atoms with Crippen LogP contribution in [0.1, 0.15) is 30.7 Å². The van der Waals surface area contributed by atoms with Crippen LogP contribution in [-0.4, -0.2) is 49.6 Å². The van der Waals surface area contributed by atoms with Gasteiger partial charge in [0.1, 0.15) is 0 Å². The number of fused-ring (bicyclic) bond motifs is 2. The number of benzene rings is 1. The molecule has 4 heterocycles. The fourth-order valence-corrected chi connectivity index (χ4v) is 4.80. The van der Waals surface area contributed by atoms with Gasteiger partial charge in [-0.1, -0.05) is 0 Å². The summed E-state index contributed by atoms with van der Waals surface area (Å²) in [6.07, 6.45) is 1.94. The van der Waals surface area contributed by atoms with Crippen molar-refractivity contribution in [2.75, 3.05) is 23.3 Å². The number of aromatic nitrogens is 5. The van der Waals surface area contributed by atoms with Crippen LogP contribution in [0.4, 0.5) is 17.3 Å². The Kier molecular flexibility index (Phi) is 4.62. The third-order valence-electron chi connectivity index (χ3n) is 6.03. The third-order valence-corrected chi connectivity index (χ3v) is 6.03. The van der Waals surface area contributed by atoms with E-state index in [1.165, 1.54) is 11.3 Å². The molecule has 1 saturated heterocycles. The molecule has 31 heavy (non-hydrogen) atoms. The van der Waals surface area contributed by atoms with Gasteiger partial charge < -0.3 is 15.5 Å². The third kappa shape index (κ3) is 3.50. The molecule has 0 bridgehead atoms. The van der Waals surface area contributed by atoms with Gasteiger partial charge in [0, 0.05) is 43.3 Å². The molecule has 1 aliphatic rings. The number of rotatable bonds is 3. The number of anilines is 3. The molecule has 2 N–H and O–H groups in total. The van der Waals surface area contributed by atoms with Crippen LogP contribution in [0.25, 0.3) is 16.6 Å². The highest BCUT2D eigenvalue weighted by Gasteiger charge is 2.23. The van der Waals surface area contributed by atoms with Crippen molar-refractivity contribution in [3.8, 4) is 0 Å². The number of nitrogens with zero attached hydrogens (tertiary/aromatic N) is 6.